The first-order chi connectivity index (χ1) is 20.2. The monoisotopic (exact) mass is 543 g/mol. The number of fused-ring (bicyclic) bond motifs is 4. The zero-order valence-electron chi connectivity index (χ0n) is 22.9. The van der Waals surface area contributed by atoms with E-state index in [4.69, 9.17) is 23.9 Å². The summed E-state index contributed by atoms with van der Waals surface area (Å²) in [6.07, 6.45) is 4.46. The van der Waals surface area contributed by atoms with Gasteiger partial charge in [0.2, 0.25) is 5.75 Å². The maximum atomic E-state index is 6.31. The number of aromatic nitrogens is 3. The Kier molecular flexibility index (Phi) is 6.45. The molecule has 1 N–H and O–H groups in total. The normalized spacial score (nSPS) is 13.3. The van der Waals surface area contributed by atoms with Crippen LogP contribution < -0.4 is 14.8 Å². The third-order valence-electron chi connectivity index (χ3n) is 7.58. The van der Waals surface area contributed by atoms with Gasteiger partial charge in [0.05, 0.1) is 26.3 Å². The van der Waals surface area contributed by atoms with Crippen molar-refractivity contribution in [2.75, 3.05) is 26.1 Å². The molecule has 4 heterocycles. The van der Waals surface area contributed by atoms with E-state index in [9.17, 15) is 0 Å². The number of benzene rings is 3. The van der Waals surface area contributed by atoms with Crippen LogP contribution in [0.15, 0.2) is 89.6 Å². The molecule has 0 aliphatic carbocycles. The predicted octanol–water partition coefficient (Wildman–Crippen LogP) is 6.76. The zero-order valence-corrected chi connectivity index (χ0v) is 22.9. The maximum Gasteiger partial charge on any atom is 0.204 e. The lowest BCUT2D eigenvalue weighted by Crippen LogP contribution is -2.29. The molecule has 1 aliphatic rings. The van der Waals surface area contributed by atoms with Crippen molar-refractivity contribution in [3.63, 3.8) is 0 Å². The highest BCUT2D eigenvalue weighted by molar-refractivity contribution is 5.92. The Morgan fingerprint density at radius 3 is 2.59 bits per heavy atom. The van der Waals surface area contributed by atoms with E-state index in [2.05, 4.69) is 45.5 Å². The highest BCUT2D eigenvalue weighted by atomic mass is 16.5. The molecule has 7 rings (SSSR count). The minimum absolute atomic E-state index is 0.641. The minimum Gasteiger partial charge on any atom is -0.493 e. The van der Waals surface area contributed by atoms with Crippen LogP contribution in [0.4, 0.5) is 11.5 Å². The number of para-hydroxylation sites is 1. The minimum atomic E-state index is 0.641. The average Bonchev–Trinajstić information content (AvgIpc) is 3.39. The number of methoxy groups -OCH3 is 2. The van der Waals surface area contributed by atoms with Crippen molar-refractivity contribution in [3.05, 3.63) is 102 Å². The fraction of sp³-hybridized carbons (Fsp3) is 0.182. The molecule has 8 heteroatoms. The average molecular weight is 544 g/mol. The summed E-state index contributed by atoms with van der Waals surface area (Å²) in [7, 11) is 3.29. The molecule has 0 unspecified atom stereocenters. The Bertz CT molecular complexity index is 1850. The molecule has 0 amide bonds. The van der Waals surface area contributed by atoms with E-state index < -0.39 is 0 Å². The number of nitrogens with one attached hydrogen (secondary N) is 1. The third kappa shape index (κ3) is 4.72. The molecule has 0 atom stereocenters. The lowest BCUT2D eigenvalue weighted by molar-refractivity contribution is 0.223. The molecule has 0 saturated heterocycles. The topological polar surface area (TPSA) is 85.5 Å². The first kappa shape index (κ1) is 25.0. The van der Waals surface area contributed by atoms with Crippen LogP contribution in [0, 0.1) is 0 Å². The fourth-order valence-electron chi connectivity index (χ4n) is 5.55. The van der Waals surface area contributed by atoms with Crippen LogP contribution >= 0.6 is 0 Å². The van der Waals surface area contributed by atoms with Gasteiger partial charge in [0.15, 0.2) is 17.2 Å². The van der Waals surface area contributed by atoms with E-state index in [0.29, 0.717) is 17.3 Å². The summed E-state index contributed by atoms with van der Waals surface area (Å²) in [4.78, 5) is 16.2. The van der Waals surface area contributed by atoms with Crippen molar-refractivity contribution in [1.29, 1.82) is 0 Å². The molecule has 0 spiro atoms. The summed E-state index contributed by atoms with van der Waals surface area (Å²) in [6, 6.07) is 24.4. The van der Waals surface area contributed by atoms with E-state index in [1.54, 1.807) is 26.6 Å². The van der Waals surface area contributed by atoms with Gasteiger partial charge in [-0.15, -0.1) is 0 Å². The van der Waals surface area contributed by atoms with E-state index in [0.717, 1.165) is 70.8 Å². The van der Waals surface area contributed by atoms with Crippen molar-refractivity contribution in [2.45, 2.75) is 19.5 Å². The number of pyridine rings is 1. The lowest BCUT2D eigenvalue weighted by Gasteiger charge is -2.26. The van der Waals surface area contributed by atoms with Gasteiger partial charge in [-0.1, -0.05) is 24.3 Å². The Labute approximate surface area is 237 Å². The number of anilines is 2. The number of furan rings is 1. The Morgan fingerprint density at radius 2 is 1.78 bits per heavy atom. The third-order valence-corrected chi connectivity index (χ3v) is 7.58. The summed E-state index contributed by atoms with van der Waals surface area (Å²) in [5.74, 6) is 3.74. The number of rotatable bonds is 7. The quantitative estimate of drug-likeness (QED) is 0.236. The number of ether oxygens (including phenoxy) is 2. The molecule has 6 aromatic rings. The maximum absolute atomic E-state index is 6.31. The molecule has 0 bridgehead atoms. The highest BCUT2D eigenvalue weighted by Crippen LogP contribution is 2.41. The van der Waals surface area contributed by atoms with Crippen molar-refractivity contribution in [2.24, 2.45) is 0 Å². The van der Waals surface area contributed by atoms with Crippen LogP contribution in [0.25, 0.3) is 33.3 Å². The van der Waals surface area contributed by atoms with Crippen LogP contribution in [0.2, 0.25) is 0 Å². The van der Waals surface area contributed by atoms with Gasteiger partial charge < -0.3 is 19.2 Å². The van der Waals surface area contributed by atoms with Gasteiger partial charge in [-0.2, -0.15) is 0 Å². The second-order valence-corrected chi connectivity index (χ2v) is 10.1. The van der Waals surface area contributed by atoms with Gasteiger partial charge >= 0.3 is 0 Å². The van der Waals surface area contributed by atoms with Crippen LogP contribution in [-0.4, -0.2) is 40.6 Å². The molecule has 0 saturated carbocycles. The van der Waals surface area contributed by atoms with Gasteiger partial charge in [0.25, 0.3) is 0 Å². The van der Waals surface area contributed by atoms with E-state index in [1.807, 2.05) is 42.5 Å². The zero-order chi connectivity index (χ0) is 27.8. The van der Waals surface area contributed by atoms with Crippen LogP contribution in [0.1, 0.15) is 16.9 Å². The van der Waals surface area contributed by atoms with Gasteiger partial charge in [-0.25, -0.2) is 9.97 Å². The smallest absolute Gasteiger partial charge is 0.204 e. The molecule has 3 aromatic heterocycles. The Hall–Kier alpha value is -4.95. The molecule has 41 heavy (non-hydrogen) atoms. The second kappa shape index (κ2) is 10.6. The summed E-state index contributed by atoms with van der Waals surface area (Å²) < 4.78 is 17.4. The molecule has 1 aliphatic heterocycles. The van der Waals surface area contributed by atoms with E-state index in [-0.39, 0.29) is 0 Å². The fourth-order valence-corrected chi connectivity index (χ4v) is 5.55. The van der Waals surface area contributed by atoms with Gasteiger partial charge in [0.1, 0.15) is 11.6 Å². The lowest BCUT2D eigenvalue weighted by atomic mass is 10.0. The molecule has 204 valence electrons. The molecule has 3 aromatic carbocycles. The summed E-state index contributed by atoms with van der Waals surface area (Å²) in [5, 5.41) is 5.59. The largest absolute Gasteiger partial charge is 0.493 e. The number of nitrogens with zero attached hydrogens (tertiary/aromatic N) is 4. The molecule has 0 radical (unpaired) electrons. The SMILES string of the molecule is COc1ccc2c3c(oc2c1OC)CN(Cc1ccc(Nc2nc(-c4cccnc4)nc4ccccc24)cc1)CC3. The molecule has 8 nitrogen and oxygen atoms in total. The van der Waals surface area contributed by atoms with E-state index in [1.165, 1.54) is 11.1 Å². The first-order valence-electron chi connectivity index (χ1n) is 13.6. The first-order valence-corrected chi connectivity index (χ1v) is 13.6. The standard InChI is InChI=1S/C33H29N5O3/c1-39-28-14-13-25-24-15-17-38(20-29(24)41-30(25)31(28)40-2)19-21-9-11-23(12-10-21)35-33-26-7-3-4-8-27(26)36-32(37-33)22-6-5-16-34-18-22/h3-14,16,18H,15,17,19-20H2,1-2H3,(H,35,36,37). The van der Waals surface area contributed by atoms with Crippen LogP contribution in [0.5, 0.6) is 11.5 Å². The summed E-state index contributed by atoms with van der Waals surface area (Å²) in [5.41, 5.74) is 5.99. The number of hydrogen-bond donors (Lipinski definition) is 1. The molecular formula is C33H29N5O3. The molecule has 0 fully saturated rings. The second-order valence-electron chi connectivity index (χ2n) is 10.1. The van der Waals surface area contributed by atoms with Crippen molar-refractivity contribution in [1.82, 2.24) is 19.9 Å². The highest BCUT2D eigenvalue weighted by Gasteiger charge is 2.25. The van der Waals surface area contributed by atoms with Crippen LogP contribution in [-0.2, 0) is 19.5 Å². The molecular weight excluding hydrogens is 514 g/mol. The van der Waals surface area contributed by atoms with Gasteiger partial charge in [-0.3, -0.25) is 9.88 Å². The van der Waals surface area contributed by atoms with Crippen molar-refractivity contribution in [3.8, 4) is 22.9 Å². The van der Waals surface area contributed by atoms with Gasteiger partial charge in [-0.05, 0) is 60.5 Å². The van der Waals surface area contributed by atoms with Crippen LogP contribution in [0.3, 0.4) is 0 Å². The van der Waals surface area contributed by atoms with Crippen molar-refractivity contribution >= 4 is 33.4 Å². The van der Waals surface area contributed by atoms with Crippen molar-refractivity contribution < 1.29 is 13.9 Å². The number of hydrogen-bond acceptors (Lipinski definition) is 8. The predicted molar refractivity (Wildman–Crippen MR) is 160 cm³/mol. The van der Waals surface area contributed by atoms with Gasteiger partial charge in [0, 0.05) is 53.1 Å². The Balaban J connectivity index is 1.09. The summed E-state index contributed by atoms with van der Waals surface area (Å²) in [6.45, 7) is 2.54. The van der Waals surface area contributed by atoms with E-state index >= 15 is 0 Å². The Morgan fingerprint density at radius 1 is 0.902 bits per heavy atom. The summed E-state index contributed by atoms with van der Waals surface area (Å²) >= 11 is 0.